The van der Waals surface area contributed by atoms with Gasteiger partial charge in [-0.2, -0.15) is 0 Å². The highest BCUT2D eigenvalue weighted by Gasteiger charge is 2.28. The van der Waals surface area contributed by atoms with Crippen molar-refractivity contribution < 1.29 is 32.2 Å². The number of nitrogens with one attached hydrogen (secondary N) is 1. The molecule has 3 aromatic rings. The molecule has 35 heavy (non-hydrogen) atoms. The first-order chi connectivity index (χ1) is 16.9. The molecule has 1 N–H and O–H groups in total. The molecule has 0 aliphatic heterocycles. The number of benzene rings is 3. The second-order valence-electron chi connectivity index (χ2n) is 7.24. The van der Waals surface area contributed by atoms with Crippen molar-refractivity contribution in [1.82, 2.24) is 5.32 Å². The number of methoxy groups -OCH3 is 3. The van der Waals surface area contributed by atoms with Crippen molar-refractivity contribution in [3.05, 3.63) is 72.8 Å². The molecule has 0 aliphatic carbocycles. The molecule has 0 spiro atoms. The third kappa shape index (κ3) is 6.57. The van der Waals surface area contributed by atoms with E-state index in [1.54, 1.807) is 61.7 Å². The predicted octanol–water partition coefficient (Wildman–Crippen LogP) is 3.10. The largest absolute Gasteiger partial charge is 0.497 e. The van der Waals surface area contributed by atoms with Gasteiger partial charge in [-0.3, -0.25) is 9.10 Å². The number of anilines is 1. The highest BCUT2D eigenvalue weighted by molar-refractivity contribution is 7.92. The Balaban J connectivity index is 1.71. The van der Waals surface area contributed by atoms with Crippen LogP contribution < -0.4 is 28.6 Å². The number of sulfonamides is 1. The Morgan fingerprint density at radius 1 is 0.829 bits per heavy atom. The second-order valence-corrected chi connectivity index (χ2v) is 9.10. The summed E-state index contributed by atoms with van der Waals surface area (Å²) in [7, 11) is 0.370. The minimum atomic E-state index is -4.09. The fourth-order valence-electron chi connectivity index (χ4n) is 3.23. The van der Waals surface area contributed by atoms with E-state index in [0.29, 0.717) is 22.9 Å². The van der Waals surface area contributed by atoms with E-state index >= 15 is 0 Å². The van der Waals surface area contributed by atoms with E-state index in [9.17, 15) is 13.2 Å². The number of carbonyl (C=O) groups excluding carboxylic acids is 1. The van der Waals surface area contributed by atoms with Crippen molar-refractivity contribution in [1.29, 1.82) is 0 Å². The minimum Gasteiger partial charge on any atom is -0.497 e. The Morgan fingerprint density at radius 2 is 1.49 bits per heavy atom. The standard InChI is InChI=1S/C25H28N2O7S/c1-31-20-9-11-21(12-10-20)34-16-15-26-25(28)18-27(19-7-5-4-6-8-19)35(29,30)22-13-14-23(32-2)24(17-22)33-3/h4-14,17H,15-16,18H2,1-3H3,(H,26,28). The maximum atomic E-state index is 13.5. The van der Waals surface area contributed by atoms with Gasteiger partial charge in [0.05, 0.1) is 38.5 Å². The van der Waals surface area contributed by atoms with Crippen molar-refractivity contribution in [2.75, 3.05) is 45.3 Å². The van der Waals surface area contributed by atoms with Gasteiger partial charge in [0.1, 0.15) is 24.7 Å². The van der Waals surface area contributed by atoms with Gasteiger partial charge in [0, 0.05) is 6.07 Å². The lowest BCUT2D eigenvalue weighted by Gasteiger charge is -2.24. The van der Waals surface area contributed by atoms with Crippen molar-refractivity contribution in [2.45, 2.75) is 4.90 Å². The first kappa shape index (κ1) is 25.7. The Bertz CT molecular complexity index is 1220. The lowest BCUT2D eigenvalue weighted by molar-refractivity contribution is -0.119. The molecule has 9 nitrogen and oxygen atoms in total. The van der Waals surface area contributed by atoms with Gasteiger partial charge in [-0.05, 0) is 48.5 Å². The molecule has 0 unspecified atom stereocenters. The predicted molar refractivity (Wildman–Crippen MR) is 132 cm³/mol. The maximum Gasteiger partial charge on any atom is 0.264 e. The molecule has 0 radical (unpaired) electrons. The quantitative estimate of drug-likeness (QED) is 0.381. The molecule has 0 aromatic heterocycles. The number of hydrogen-bond donors (Lipinski definition) is 1. The number of hydrogen-bond acceptors (Lipinski definition) is 7. The third-order valence-corrected chi connectivity index (χ3v) is 6.80. The van der Waals surface area contributed by atoms with Gasteiger partial charge in [-0.25, -0.2) is 8.42 Å². The van der Waals surface area contributed by atoms with E-state index in [0.717, 1.165) is 4.31 Å². The number of nitrogens with zero attached hydrogens (tertiary/aromatic N) is 1. The minimum absolute atomic E-state index is 0.0327. The smallest absolute Gasteiger partial charge is 0.264 e. The van der Waals surface area contributed by atoms with E-state index in [-0.39, 0.29) is 23.8 Å². The average Bonchev–Trinajstić information content (AvgIpc) is 2.90. The summed E-state index contributed by atoms with van der Waals surface area (Å²) >= 11 is 0. The second kappa shape index (κ2) is 12.0. The molecule has 10 heteroatoms. The Hall–Kier alpha value is -3.92. The highest BCUT2D eigenvalue weighted by atomic mass is 32.2. The van der Waals surface area contributed by atoms with E-state index < -0.39 is 22.5 Å². The monoisotopic (exact) mass is 500 g/mol. The van der Waals surface area contributed by atoms with Crippen LogP contribution in [0.3, 0.4) is 0 Å². The van der Waals surface area contributed by atoms with Crippen molar-refractivity contribution in [3.8, 4) is 23.0 Å². The summed E-state index contributed by atoms with van der Waals surface area (Å²) in [5.41, 5.74) is 0.354. The lowest BCUT2D eigenvalue weighted by atomic mass is 10.3. The SMILES string of the molecule is COc1ccc(OCCNC(=O)CN(c2ccccc2)S(=O)(=O)c2ccc(OC)c(OC)c2)cc1. The normalized spacial score (nSPS) is 10.8. The van der Waals surface area contributed by atoms with E-state index in [4.69, 9.17) is 18.9 Å². The van der Waals surface area contributed by atoms with Crippen LogP contribution in [-0.4, -0.2) is 55.4 Å². The summed E-state index contributed by atoms with van der Waals surface area (Å²) < 4.78 is 49.2. The molecule has 0 fully saturated rings. The fraction of sp³-hybridized carbons (Fsp3) is 0.240. The summed E-state index contributed by atoms with van der Waals surface area (Å²) in [5, 5.41) is 2.70. The molecule has 0 aliphatic rings. The van der Waals surface area contributed by atoms with Crippen LogP contribution >= 0.6 is 0 Å². The van der Waals surface area contributed by atoms with Gasteiger partial charge < -0.3 is 24.3 Å². The van der Waals surface area contributed by atoms with E-state index in [1.165, 1.54) is 32.4 Å². The van der Waals surface area contributed by atoms with Crippen LogP contribution in [0.25, 0.3) is 0 Å². The molecule has 1 amide bonds. The molecule has 0 saturated carbocycles. The first-order valence-electron chi connectivity index (χ1n) is 10.7. The van der Waals surface area contributed by atoms with Gasteiger partial charge in [-0.15, -0.1) is 0 Å². The molecular weight excluding hydrogens is 472 g/mol. The zero-order valence-corrected chi connectivity index (χ0v) is 20.6. The summed E-state index contributed by atoms with van der Waals surface area (Å²) in [6, 6.07) is 19.7. The lowest BCUT2D eigenvalue weighted by Crippen LogP contribution is -2.41. The Labute approximate surface area is 205 Å². The molecular formula is C25H28N2O7S. The van der Waals surface area contributed by atoms with Gasteiger partial charge in [0.25, 0.3) is 10.0 Å². The summed E-state index contributed by atoms with van der Waals surface area (Å²) in [5.74, 6) is 1.52. The van der Waals surface area contributed by atoms with Gasteiger partial charge >= 0.3 is 0 Å². The fourth-order valence-corrected chi connectivity index (χ4v) is 4.67. The van der Waals surface area contributed by atoms with E-state index in [1.807, 2.05) is 0 Å². The van der Waals surface area contributed by atoms with Crippen LogP contribution in [0.4, 0.5) is 5.69 Å². The van der Waals surface area contributed by atoms with Crippen molar-refractivity contribution in [3.63, 3.8) is 0 Å². The molecule has 0 atom stereocenters. The Morgan fingerprint density at radius 3 is 2.11 bits per heavy atom. The zero-order valence-electron chi connectivity index (χ0n) is 19.8. The third-order valence-electron chi connectivity index (χ3n) is 5.03. The molecule has 0 saturated heterocycles. The van der Waals surface area contributed by atoms with Crippen molar-refractivity contribution in [2.24, 2.45) is 0 Å². The number of rotatable bonds is 12. The van der Waals surface area contributed by atoms with Crippen molar-refractivity contribution >= 4 is 21.6 Å². The molecule has 0 bridgehead atoms. The average molecular weight is 501 g/mol. The maximum absolute atomic E-state index is 13.5. The van der Waals surface area contributed by atoms with Gasteiger partial charge in [0.15, 0.2) is 11.5 Å². The zero-order chi connectivity index (χ0) is 25.3. The van der Waals surface area contributed by atoms with Crippen LogP contribution in [0.15, 0.2) is 77.7 Å². The first-order valence-corrected chi connectivity index (χ1v) is 12.2. The molecule has 186 valence electrons. The van der Waals surface area contributed by atoms with Gasteiger partial charge in [0.2, 0.25) is 5.91 Å². The Kier molecular flexibility index (Phi) is 8.80. The number of para-hydroxylation sites is 1. The number of carbonyl (C=O) groups is 1. The number of ether oxygens (including phenoxy) is 4. The van der Waals surface area contributed by atoms with Crippen LogP contribution in [0.2, 0.25) is 0 Å². The summed E-state index contributed by atoms with van der Waals surface area (Å²) in [6.45, 7) is -0.00103. The summed E-state index contributed by atoms with van der Waals surface area (Å²) in [4.78, 5) is 12.7. The van der Waals surface area contributed by atoms with E-state index in [2.05, 4.69) is 5.32 Å². The highest BCUT2D eigenvalue weighted by Crippen LogP contribution is 2.32. The van der Waals surface area contributed by atoms with Crippen LogP contribution in [0.1, 0.15) is 0 Å². The van der Waals surface area contributed by atoms with Crippen LogP contribution in [-0.2, 0) is 14.8 Å². The number of amides is 1. The summed E-state index contributed by atoms with van der Waals surface area (Å²) in [6.07, 6.45) is 0. The van der Waals surface area contributed by atoms with Gasteiger partial charge in [-0.1, -0.05) is 18.2 Å². The molecule has 0 heterocycles. The molecule has 3 rings (SSSR count). The topological polar surface area (TPSA) is 103 Å². The van der Waals surface area contributed by atoms with Crippen LogP contribution in [0, 0.1) is 0 Å². The van der Waals surface area contributed by atoms with Crippen LogP contribution in [0.5, 0.6) is 23.0 Å². The molecule has 3 aromatic carbocycles.